The maximum absolute atomic E-state index is 14.6. The standard InChI is InChI=1S/C67H47NO2SSi/c1-44-21-23-46(24-22-44)51-29-33-63-61(42-51)60-41-50(45-13-5-2-6-14-45)28-32-62(60)68(63)57-31-27-49-37-54-38-53-35-47(25-26-48(53)36-55(54)39-56(49)40-57)52-30-34-65-67(43-52)72(58-15-7-3-8-16-58,59-17-9-4-10-18-59)66-20-12-11-19-64(66)71(65,69)70/h2-36,38,40-43H,37,39H2,1H3. The van der Waals surface area contributed by atoms with Gasteiger partial charge in [-0.25, -0.2) is 8.42 Å². The van der Waals surface area contributed by atoms with E-state index in [0.29, 0.717) is 9.79 Å². The lowest BCUT2D eigenvalue weighted by molar-refractivity contribution is 0.597. The first kappa shape index (κ1) is 42.5. The highest BCUT2D eigenvalue weighted by atomic mass is 32.2. The molecule has 0 saturated heterocycles. The summed E-state index contributed by atoms with van der Waals surface area (Å²) in [5, 5.41) is 9.01. The third kappa shape index (κ3) is 6.58. The molecule has 0 bridgehead atoms. The topological polar surface area (TPSA) is 39.1 Å². The normalized spacial score (nSPS) is 14.1. The van der Waals surface area contributed by atoms with Crippen LogP contribution in [0.5, 0.6) is 0 Å². The zero-order chi connectivity index (χ0) is 48.1. The summed E-state index contributed by atoms with van der Waals surface area (Å²) in [4.78, 5) is 0.818. The van der Waals surface area contributed by atoms with Gasteiger partial charge in [-0.1, -0.05) is 194 Å². The van der Waals surface area contributed by atoms with Gasteiger partial charge in [0.25, 0.3) is 0 Å². The number of sulfone groups is 1. The van der Waals surface area contributed by atoms with Crippen molar-refractivity contribution in [3.63, 3.8) is 0 Å². The number of hydrogen-bond donors (Lipinski definition) is 0. The van der Waals surface area contributed by atoms with E-state index in [2.05, 4.69) is 212 Å². The molecule has 0 atom stereocenters. The highest BCUT2D eigenvalue weighted by Crippen LogP contribution is 2.40. The molecule has 1 aromatic heterocycles. The Hall–Kier alpha value is -8.35. The number of hydrogen-bond acceptors (Lipinski definition) is 2. The van der Waals surface area contributed by atoms with Crippen molar-refractivity contribution in [2.45, 2.75) is 29.6 Å². The van der Waals surface area contributed by atoms with Gasteiger partial charge in [0.1, 0.15) is 0 Å². The van der Waals surface area contributed by atoms with E-state index >= 15 is 0 Å². The van der Waals surface area contributed by atoms with E-state index in [1.165, 1.54) is 88.3 Å². The van der Waals surface area contributed by atoms with E-state index in [0.717, 1.165) is 44.7 Å². The summed E-state index contributed by atoms with van der Waals surface area (Å²) < 4.78 is 31.7. The monoisotopic (exact) mass is 957 g/mol. The van der Waals surface area contributed by atoms with Gasteiger partial charge in [0.2, 0.25) is 9.84 Å². The van der Waals surface area contributed by atoms with E-state index in [1.54, 1.807) is 6.07 Å². The van der Waals surface area contributed by atoms with Gasteiger partial charge in [0, 0.05) is 16.5 Å². The Morgan fingerprint density at radius 2 is 0.875 bits per heavy atom. The van der Waals surface area contributed by atoms with Crippen molar-refractivity contribution in [2.24, 2.45) is 0 Å². The van der Waals surface area contributed by atoms with E-state index in [1.807, 2.05) is 36.4 Å². The molecule has 1 aliphatic heterocycles. The molecule has 2 heterocycles. The summed E-state index contributed by atoms with van der Waals surface area (Å²) >= 11 is 0. The van der Waals surface area contributed by atoms with Crippen LogP contribution in [0.15, 0.2) is 252 Å². The maximum Gasteiger partial charge on any atom is 0.206 e. The van der Waals surface area contributed by atoms with Crippen LogP contribution in [0.3, 0.4) is 0 Å². The molecular formula is C67H47NO2SSi. The average molecular weight is 958 g/mol. The lowest BCUT2D eigenvalue weighted by atomic mass is 9.84. The first-order valence-electron chi connectivity index (χ1n) is 24.8. The van der Waals surface area contributed by atoms with Gasteiger partial charge >= 0.3 is 0 Å². The van der Waals surface area contributed by atoms with Gasteiger partial charge < -0.3 is 4.57 Å². The van der Waals surface area contributed by atoms with E-state index in [9.17, 15) is 8.42 Å². The zero-order valence-corrected chi connectivity index (χ0v) is 41.5. The first-order chi connectivity index (χ1) is 35.3. The van der Waals surface area contributed by atoms with Crippen molar-refractivity contribution >= 4 is 71.2 Å². The third-order valence-electron chi connectivity index (χ3n) is 15.6. The highest BCUT2D eigenvalue weighted by molar-refractivity contribution is 7.92. The minimum Gasteiger partial charge on any atom is -0.309 e. The fourth-order valence-corrected chi connectivity index (χ4v) is 20.2. The average Bonchev–Trinajstić information content (AvgIpc) is 3.76. The summed E-state index contributed by atoms with van der Waals surface area (Å²) in [7, 11) is -6.88. The Bertz CT molecular complexity index is 4240. The fourth-order valence-electron chi connectivity index (χ4n) is 12.1. The molecule has 1 aliphatic carbocycles. The van der Waals surface area contributed by atoms with Crippen LogP contribution in [0.1, 0.15) is 27.8 Å². The summed E-state index contributed by atoms with van der Waals surface area (Å²) in [6.07, 6.45) is 1.71. The van der Waals surface area contributed by atoms with Crippen LogP contribution in [0.25, 0.3) is 71.6 Å². The van der Waals surface area contributed by atoms with Crippen LogP contribution in [-0.2, 0) is 22.7 Å². The van der Waals surface area contributed by atoms with Gasteiger partial charge in [-0.2, -0.15) is 0 Å². The number of fused-ring (bicyclic) bond motifs is 8. The highest BCUT2D eigenvalue weighted by Gasteiger charge is 2.51. The molecule has 3 nitrogen and oxygen atoms in total. The second-order valence-corrected chi connectivity index (χ2v) is 25.3. The van der Waals surface area contributed by atoms with Crippen LogP contribution < -0.4 is 20.7 Å². The number of aryl methyl sites for hydroxylation is 1. The Morgan fingerprint density at radius 3 is 1.56 bits per heavy atom. The van der Waals surface area contributed by atoms with Gasteiger partial charge in [-0.05, 0) is 162 Å². The molecule has 0 spiro atoms. The minimum atomic E-state index is -3.78. The van der Waals surface area contributed by atoms with Crippen molar-refractivity contribution in [2.75, 3.05) is 0 Å². The summed E-state index contributed by atoms with van der Waals surface area (Å²) in [5.74, 6) is 0. The molecule has 0 N–H and O–H groups in total. The molecule has 5 heteroatoms. The Labute approximate surface area is 420 Å². The van der Waals surface area contributed by atoms with E-state index < -0.39 is 17.9 Å². The second kappa shape index (κ2) is 16.4. The fraction of sp³-hybridized carbons (Fsp3) is 0.0448. The quantitative estimate of drug-likeness (QED) is 0.156. The first-order valence-corrected chi connectivity index (χ1v) is 28.3. The van der Waals surface area contributed by atoms with Gasteiger partial charge in [-0.3, -0.25) is 0 Å². The molecule has 72 heavy (non-hydrogen) atoms. The second-order valence-electron chi connectivity index (χ2n) is 19.7. The van der Waals surface area contributed by atoms with Crippen LogP contribution in [0.4, 0.5) is 0 Å². The largest absolute Gasteiger partial charge is 0.309 e. The molecule has 11 aromatic carbocycles. The molecule has 14 rings (SSSR count). The van der Waals surface area contributed by atoms with Gasteiger partial charge in [0.15, 0.2) is 8.07 Å². The van der Waals surface area contributed by atoms with E-state index in [-0.39, 0.29) is 0 Å². The lowest BCUT2D eigenvalue weighted by Gasteiger charge is -2.40. The predicted molar refractivity (Wildman–Crippen MR) is 300 cm³/mol. The van der Waals surface area contributed by atoms with Crippen molar-refractivity contribution in [1.29, 1.82) is 0 Å². The van der Waals surface area contributed by atoms with Crippen LogP contribution in [-0.4, -0.2) is 21.1 Å². The van der Waals surface area contributed by atoms with Crippen LogP contribution in [0.2, 0.25) is 0 Å². The molecule has 0 amide bonds. The molecule has 2 aliphatic rings. The molecular weight excluding hydrogens is 911 g/mol. The third-order valence-corrected chi connectivity index (χ3v) is 22.7. The Kier molecular flexibility index (Phi) is 9.66. The Balaban J connectivity index is 0.848. The maximum atomic E-state index is 14.6. The van der Waals surface area contributed by atoms with Gasteiger partial charge in [-0.15, -0.1) is 0 Å². The summed E-state index contributed by atoms with van der Waals surface area (Å²) in [6, 6.07) is 86.9. The van der Waals surface area contributed by atoms with Crippen molar-refractivity contribution < 1.29 is 8.42 Å². The SMILES string of the molecule is Cc1ccc(-c2ccc3c(c2)c2cc(-c4ccccc4)ccc2n3-c2ccc3c(c2)Cc2cc4ccc(-c5ccc6c(c5)[Si](c5ccccc5)(c5ccccc5)c5ccccc5S6(=O)=O)cc4cc2C3)cc1. The van der Waals surface area contributed by atoms with Gasteiger partial charge in [0.05, 0.1) is 20.8 Å². The number of rotatable bonds is 6. The zero-order valence-electron chi connectivity index (χ0n) is 39.7. The van der Waals surface area contributed by atoms with Crippen molar-refractivity contribution in [3.8, 4) is 39.1 Å². The predicted octanol–water partition coefficient (Wildman–Crippen LogP) is 13.3. The van der Waals surface area contributed by atoms with E-state index in [4.69, 9.17) is 0 Å². The number of aromatic nitrogens is 1. The molecule has 0 fully saturated rings. The van der Waals surface area contributed by atoms with Crippen molar-refractivity contribution in [3.05, 3.63) is 270 Å². The number of nitrogens with zero attached hydrogens (tertiary/aromatic N) is 1. The molecule has 0 saturated carbocycles. The van der Waals surface area contributed by atoms with Crippen molar-refractivity contribution in [1.82, 2.24) is 4.57 Å². The molecule has 0 radical (unpaired) electrons. The minimum absolute atomic E-state index is 0.406. The summed E-state index contributed by atoms with van der Waals surface area (Å²) in [5.41, 5.74) is 17.2. The smallest absolute Gasteiger partial charge is 0.206 e. The van der Waals surface area contributed by atoms with Crippen LogP contribution in [0, 0.1) is 6.92 Å². The lowest BCUT2D eigenvalue weighted by Crippen LogP contribution is -2.77. The molecule has 342 valence electrons. The molecule has 12 aromatic rings. The Morgan fingerprint density at radius 1 is 0.375 bits per heavy atom. The molecule has 0 unspecified atom stereocenters. The summed E-state index contributed by atoms with van der Waals surface area (Å²) in [6.45, 7) is 2.14. The number of benzene rings is 11. The van der Waals surface area contributed by atoms with Crippen LogP contribution >= 0.6 is 0 Å².